The number of hydrogen-bond acceptors (Lipinski definition) is 5. The van der Waals surface area contributed by atoms with Gasteiger partial charge in [0.1, 0.15) is 12.7 Å². The molecule has 0 saturated carbocycles. The normalized spacial score (nSPS) is 19.7. The van der Waals surface area contributed by atoms with E-state index in [4.69, 9.17) is 14.6 Å². The third-order valence-corrected chi connectivity index (χ3v) is 6.52. The first-order chi connectivity index (χ1) is 16.4. The molecule has 0 spiro atoms. The number of fused-ring (bicyclic) bond motifs is 3. The summed E-state index contributed by atoms with van der Waals surface area (Å²) in [7, 11) is 0. The molecule has 180 valence electrons. The van der Waals surface area contributed by atoms with Crippen LogP contribution in [0.4, 0.5) is 4.79 Å². The number of hydrogen-bond donors (Lipinski definition) is 3. The molecule has 8 nitrogen and oxygen atoms in total. The predicted octanol–water partition coefficient (Wildman–Crippen LogP) is 3.30. The summed E-state index contributed by atoms with van der Waals surface area (Å²) in [4.78, 5) is 35.4. The lowest BCUT2D eigenvalue weighted by atomic mass is 9.98. The molecule has 0 aromatic heterocycles. The van der Waals surface area contributed by atoms with Crippen molar-refractivity contribution in [3.8, 4) is 11.1 Å². The zero-order valence-corrected chi connectivity index (χ0v) is 19.2. The minimum absolute atomic E-state index is 0.00203. The maximum Gasteiger partial charge on any atom is 0.407 e. The van der Waals surface area contributed by atoms with Gasteiger partial charge in [-0.2, -0.15) is 0 Å². The van der Waals surface area contributed by atoms with E-state index in [1.165, 1.54) is 11.1 Å². The number of ether oxygens (including phenoxy) is 2. The monoisotopic (exact) mass is 466 g/mol. The van der Waals surface area contributed by atoms with Gasteiger partial charge >= 0.3 is 12.1 Å². The van der Waals surface area contributed by atoms with Crippen LogP contribution in [0, 0.1) is 5.92 Å². The maximum atomic E-state index is 12.3. The van der Waals surface area contributed by atoms with Crippen LogP contribution in [-0.2, 0) is 19.1 Å². The van der Waals surface area contributed by atoms with Crippen LogP contribution in [0.2, 0.25) is 0 Å². The van der Waals surface area contributed by atoms with Gasteiger partial charge in [-0.3, -0.25) is 9.59 Å². The van der Waals surface area contributed by atoms with Crippen LogP contribution in [0.1, 0.15) is 43.2 Å². The number of carbonyl (C=O) groups excluding carboxylic acids is 2. The Kier molecular flexibility index (Phi) is 7.47. The lowest BCUT2D eigenvalue weighted by molar-refractivity contribution is -0.141. The molecule has 1 heterocycles. The molecule has 2 aromatic carbocycles. The molecule has 3 atom stereocenters. The molecule has 2 aliphatic rings. The first-order valence-corrected chi connectivity index (χ1v) is 11.7. The van der Waals surface area contributed by atoms with Crippen LogP contribution in [-0.4, -0.2) is 55.0 Å². The minimum Gasteiger partial charge on any atom is -0.481 e. The molecule has 1 fully saturated rings. The van der Waals surface area contributed by atoms with Gasteiger partial charge in [-0.25, -0.2) is 4.79 Å². The molecule has 3 N–H and O–H groups in total. The first kappa shape index (κ1) is 23.8. The fourth-order valence-electron chi connectivity index (χ4n) is 4.54. The lowest BCUT2D eigenvalue weighted by Crippen LogP contribution is -2.38. The molecule has 0 bridgehead atoms. The smallest absolute Gasteiger partial charge is 0.407 e. The summed E-state index contributed by atoms with van der Waals surface area (Å²) >= 11 is 0. The summed E-state index contributed by atoms with van der Waals surface area (Å²) in [5, 5.41) is 14.4. The molecular formula is C26H30N2O6. The quantitative estimate of drug-likeness (QED) is 0.523. The molecule has 34 heavy (non-hydrogen) atoms. The van der Waals surface area contributed by atoms with Crippen LogP contribution in [0.25, 0.3) is 11.1 Å². The Hall–Kier alpha value is -3.39. The Labute approximate surface area is 198 Å². The van der Waals surface area contributed by atoms with Gasteiger partial charge in [0, 0.05) is 19.0 Å². The highest BCUT2D eigenvalue weighted by molar-refractivity contribution is 5.81. The summed E-state index contributed by atoms with van der Waals surface area (Å²) in [6, 6.07) is 16.3. The SMILES string of the molecule is CC(CCNC(=O)C1CCC(CNC(=O)OCC2c3ccccc3-c3ccccc32)O1)C(=O)O. The summed E-state index contributed by atoms with van der Waals surface area (Å²) < 4.78 is 11.3. The van der Waals surface area contributed by atoms with Crippen molar-refractivity contribution in [2.24, 2.45) is 5.92 Å². The number of carboxylic acid groups (broad SMARTS) is 1. The molecule has 3 unspecified atom stereocenters. The number of amides is 2. The summed E-state index contributed by atoms with van der Waals surface area (Å²) in [5.74, 6) is -1.65. The van der Waals surface area contributed by atoms with Crippen molar-refractivity contribution >= 4 is 18.0 Å². The van der Waals surface area contributed by atoms with E-state index in [-0.39, 0.29) is 37.6 Å². The summed E-state index contributed by atoms with van der Waals surface area (Å²) in [6.45, 7) is 2.39. The topological polar surface area (TPSA) is 114 Å². The van der Waals surface area contributed by atoms with Gasteiger partial charge in [0.2, 0.25) is 5.91 Å². The van der Waals surface area contributed by atoms with E-state index in [2.05, 4.69) is 34.9 Å². The second-order valence-corrected chi connectivity index (χ2v) is 8.85. The first-order valence-electron chi connectivity index (χ1n) is 11.7. The van der Waals surface area contributed by atoms with Crippen molar-refractivity contribution < 1.29 is 29.0 Å². The molecule has 2 amide bonds. The van der Waals surface area contributed by atoms with Crippen molar-refractivity contribution in [3.63, 3.8) is 0 Å². The van der Waals surface area contributed by atoms with Crippen molar-refractivity contribution in [1.82, 2.24) is 10.6 Å². The van der Waals surface area contributed by atoms with Crippen molar-refractivity contribution in [2.45, 2.75) is 44.3 Å². The Morgan fingerprint density at radius 1 is 1.03 bits per heavy atom. The highest BCUT2D eigenvalue weighted by atomic mass is 16.5. The van der Waals surface area contributed by atoms with E-state index in [0.29, 0.717) is 19.3 Å². The van der Waals surface area contributed by atoms with Crippen LogP contribution in [0.15, 0.2) is 48.5 Å². The zero-order valence-electron chi connectivity index (χ0n) is 19.2. The average Bonchev–Trinajstić information content (AvgIpc) is 3.44. The van der Waals surface area contributed by atoms with Crippen LogP contribution >= 0.6 is 0 Å². The molecule has 2 aromatic rings. The van der Waals surface area contributed by atoms with Crippen molar-refractivity contribution in [1.29, 1.82) is 0 Å². The van der Waals surface area contributed by atoms with Gasteiger partial charge in [0.25, 0.3) is 0 Å². The second-order valence-electron chi connectivity index (χ2n) is 8.85. The number of aliphatic carboxylic acids is 1. The lowest BCUT2D eigenvalue weighted by Gasteiger charge is -2.17. The number of rotatable bonds is 9. The maximum absolute atomic E-state index is 12.3. The van der Waals surface area contributed by atoms with Gasteiger partial charge in [-0.05, 0) is 41.5 Å². The third-order valence-electron chi connectivity index (χ3n) is 6.52. The third kappa shape index (κ3) is 5.39. The second kappa shape index (κ2) is 10.7. The van der Waals surface area contributed by atoms with E-state index >= 15 is 0 Å². The van der Waals surface area contributed by atoms with E-state index in [9.17, 15) is 14.4 Å². The van der Waals surface area contributed by atoms with E-state index in [1.54, 1.807) is 6.92 Å². The number of carboxylic acids is 1. The standard InChI is InChI=1S/C26H30N2O6/c1-16(25(30)31)12-13-27-24(29)23-11-10-17(34-23)14-28-26(32)33-15-22-20-8-4-2-6-18(20)19-7-3-5-9-21(19)22/h2-9,16-17,22-23H,10-15H2,1H3,(H,27,29)(H,28,32)(H,30,31). The Bertz CT molecular complexity index is 1010. The highest BCUT2D eigenvalue weighted by Gasteiger charge is 2.32. The van der Waals surface area contributed by atoms with E-state index < -0.39 is 24.1 Å². The molecule has 1 aliphatic carbocycles. The summed E-state index contributed by atoms with van der Waals surface area (Å²) in [5.41, 5.74) is 4.66. The molecule has 4 rings (SSSR count). The largest absolute Gasteiger partial charge is 0.481 e. The fourth-order valence-corrected chi connectivity index (χ4v) is 4.54. The molecule has 0 radical (unpaired) electrons. The van der Waals surface area contributed by atoms with Crippen LogP contribution in [0.5, 0.6) is 0 Å². The summed E-state index contributed by atoms with van der Waals surface area (Å²) in [6.07, 6.45) is 0.190. The molecule has 1 saturated heterocycles. The van der Waals surface area contributed by atoms with Gasteiger partial charge in [0.15, 0.2) is 0 Å². The molecule has 1 aliphatic heterocycles. The van der Waals surface area contributed by atoms with Gasteiger partial charge in [0.05, 0.1) is 12.0 Å². The predicted molar refractivity (Wildman–Crippen MR) is 125 cm³/mol. The Morgan fingerprint density at radius 3 is 2.32 bits per heavy atom. The van der Waals surface area contributed by atoms with Crippen molar-refractivity contribution in [2.75, 3.05) is 19.7 Å². The van der Waals surface area contributed by atoms with Gasteiger partial charge < -0.3 is 25.2 Å². The van der Waals surface area contributed by atoms with Crippen molar-refractivity contribution in [3.05, 3.63) is 59.7 Å². The number of nitrogens with one attached hydrogen (secondary N) is 2. The average molecular weight is 467 g/mol. The highest BCUT2D eigenvalue weighted by Crippen LogP contribution is 2.44. The van der Waals surface area contributed by atoms with Gasteiger partial charge in [-0.15, -0.1) is 0 Å². The van der Waals surface area contributed by atoms with Crippen LogP contribution < -0.4 is 10.6 Å². The Morgan fingerprint density at radius 2 is 1.68 bits per heavy atom. The number of alkyl carbamates (subject to hydrolysis) is 1. The molecule has 8 heteroatoms. The Balaban J connectivity index is 1.20. The minimum atomic E-state index is -0.884. The fraction of sp³-hybridized carbons (Fsp3) is 0.423. The van der Waals surface area contributed by atoms with E-state index in [1.807, 2.05) is 24.3 Å². The van der Waals surface area contributed by atoms with Crippen LogP contribution in [0.3, 0.4) is 0 Å². The number of carbonyl (C=O) groups is 3. The zero-order chi connectivity index (χ0) is 24.1. The molecular weight excluding hydrogens is 436 g/mol. The van der Waals surface area contributed by atoms with E-state index in [0.717, 1.165) is 11.1 Å². The van der Waals surface area contributed by atoms with Gasteiger partial charge in [-0.1, -0.05) is 55.5 Å². The number of benzene rings is 2.